The second-order valence-corrected chi connectivity index (χ2v) is 3.87. The molecule has 0 bridgehead atoms. The highest BCUT2D eigenvalue weighted by Gasteiger charge is 2.06. The largest absolute Gasteiger partial charge is 0.570 e. The first-order valence-electron chi connectivity index (χ1n) is 5.37. The van der Waals surface area contributed by atoms with E-state index in [0.717, 1.165) is 5.56 Å². The van der Waals surface area contributed by atoms with E-state index in [1.165, 1.54) is 16.7 Å². The van der Waals surface area contributed by atoms with Gasteiger partial charge in [-0.05, 0) is 42.2 Å². The number of aromatic nitrogens is 1. The minimum atomic E-state index is 0.382. The molecular formula is C13H13BNO2. The van der Waals surface area contributed by atoms with E-state index in [4.69, 9.17) is 9.68 Å². The number of hydrogen-bond donors (Lipinski definition) is 1. The van der Waals surface area contributed by atoms with Crippen LogP contribution in [-0.4, -0.2) is 17.7 Å². The molecule has 0 aliphatic heterocycles. The van der Waals surface area contributed by atoms with Crippen molar-refractivity contribution in [2.24, 2.45) is 0 Å². The van der Waals surface area contributed by atoms with Gasteiger partial charge in [-0.25, -0.2) is 4.98 Å². The predicted octanol–water partition coefficient (Wildman–Crippen LogP) is 2.27. The SMILES string of the molecule is Cc1cccc(C)c1-c1ccnc(O[B]O)c1. The van der Waals surface area contributed by atoms with E-state index in [1.807, 2.05) is 18.2 Å². The molecule has 0 aliphatic carbocycles. The quantitative estimate of drug-likeness (QED) is 0.816. The van der Waals surface area contributed by atoms with Gasteiger partial charge in [0.15, 0.2) is 5.88 Å². The molecule has 1 aromatic heterocycles. The topological polar surface area (TPSA) is 42.4 Å². The van der Waals surface area contributed by atoms with Crippen LogP contribution in [0.2, 0.25) is 0 Å². The van der Waals surface area contributed by atoms with Gasteiger partial charge >= 0.3 is 7.69 Å². The molecule has 0 atom stereocenters. The molecule has 0 amide bonds. The van der Waals surface area contributed by atoms with Crippen LogP contribution in [0.5, 0.6) is 5.88 Å². The first-order valence-corrected chi connectivity index (χ1v) is 5.37. The van der Waals surface area contributed by atoms with Crippen molar-refractivity contribution >= 4 is 7.69 Å². The van der Waals surface area contributed by atoms with Crippen LogP contribution in [0, 0.1) is 13.8 Å². The zero-order chi connectivity index (χ0) is 12.3. The van der Waals surface area contributed by atoms with Crippen LogP contribution in [-0.2, 0) is 0 Å². The van der Waals surface area contributed by atoms with Gasteiger partial charge in [-0.1, -0.05) is 18.2 Å². The minimum absolute atomic E-state index is 0.382. The zero-order valence-electron chi connectivity index (χ0n) is 9.84. The summed E-state index contributed by atoms with van der Waals surface area (Å²) in [6, 6.07) is 9.92. The molecular weight excluding hydrogens is 213 g/mol. The van der Waals surface area contributed by atoms with E-state index < -0.39 is 0 Å². The van der Waals surface area contributed by atoms with Crippen LogP contribution in [0.4, 0.5) is 0 Å². The van der Waals surface area contributed by atoms with Gasteiger partial charge < -0.3 is 9.68 Å². The fourth-order valence-electron chi connectivity index (χ4n) is 1.95. The summed E-state index contributed by atoms with van der Waals surface area (Å²) in [5.41, 5.74) is 4.62. The number of nitrogens with zero attached hydrogens (tertiary/aromatic N) is 1. The summed E-state index contributed by atoms with van der Waals surface area (Å²) in [6.07, 6.45) is 1.67. The first-order chi connectivity index (χ1) is 8.22. The highest BCUT2D eigenvalue weighted by Crippen LogP contribution is 2.28. The van der Waals surface area contributed by atoms with Gasteiger partial charge in [0.05, 0.1) is 0 Å². The molecule has 0 saturated heterocycles. The number of benzene rings is 1. The molecule has 2 rings (SSSR count). The summed E-state index contributed by atoms with van der Waals surface area (Å²) >= 11 is 0. The Morgan fingerprint density at radius 1 is 1.18 bits per heavy atom. The van der Waals surface area contributed by atoms with E-state index in [9.17, 15) is 0 Å². The summed E-state index contributed by atoms with van der Waals surface area (Å²) in [4.78, 5) is 4.00. The van der Waals surface area contributed by atoms with Crippen molar-refractivity contribution < 1.29 is 9.68 Å². The molecule has 4 heteroatoms. The monoisotopic (exact) mass is 226 g/mol. The first kappa shape index (κ1) is 11.7. The van der Waals surface area contributed by atoms with Crippen LogP contribution in [0.15, 0.2) is 36.5 Å². The maximum Gasteiger partial charge on any atom is 0.570 e. The van der Waals surface area contributed by atoms with Crippen LogP contribution in [0.25, 0.3) is 11.1 Å². The molecule has 0 spiro atoms. The van der Waals surface area contributed by atoms with Gasteiger partial charge in [-0.2, -0.15) is 0 Å². The van der Waals surface area contributed by atoms with Crippen LogP contribution in [0.1, 0.15) is 11.1 Å². The lowest BCUT2D eigenvalue weighted by atomic mass is 9.97. The zero-order valence-corrected chi connectivity index (χ0v) is 9.84. The van der Waals surface area contributed by atoms with E-state index in [2.05, 4.69) is 31.0 Å². The normalized spacial score (nSPS) is 10.1. The Kier molecular flexibility index (Phi) is 3.45. The average molecular weight is 226 g/mol. The molecule has 0 unspecified atom stereocenters. The maximum atomic E-state index is 8.60. The summed E-state index contributed by atoms with van der Waals surface area (Å²) < 4.78 is 4.87. The highest BCUT2D eigenvalue weighted by molar-refractivity contribution is 6.17. The van der Waals surface area contributed by atoms with Crippen LogP contribution >= 0.6 is 0 Å². The molecule has 1 radical (unpaired) electrons. The van der Waals surface area contributed by atoms with Crippen LogP contribution in [0.3, 0.4) is 0 Å². The van der Waals surface area contributed by atoms with Gasteiger partial charge in [-0.15, -0.1) is 0 Å². The summed E-state index contributed by atoms with van der Waals surface area (Å²) in [5, 5.41) is 8.60. The number of rotatable bonds is 3. The third-order valence-corrected chi connectivity index (χ3v) is 2.68. The van der Waals surface area contributed by atoms with Crippen molar-refractivity contribution in [3.8, 4) is 17.0 Å². The van der Waals surface area contributed by atoms with Gasteiger partial charge in [0.2, 0.25) is 0 Å². The van der Waals surface area contributed by atoms with Crippen molar-refractivity contribution in [3.63, 3.8) is 0 Å². The summed E-state index contributed by atoms with van der Waals surface area (Å²) in [7, 11) is 0.636. The Hall–Kier alpha value is -1.81. The molecule has 17 heavy (non-hydrogen) atoms. The molecule has 0 saturated carbocycles. The average Bonchev–Trinajstić information content (AvgIpc) is 2.30. The highest BCUT2D eigenvalue weighted by atomic mass is 16.5. The lowest BCUT2D eigenvalue weighted by Gasteiger charge is -2.10. The van der Waals surface area contributed by atoms with Crippen LogP contribution < -0.4 is 4.65 Å². The van der Waals surface area contributed by atoms with Crippen molar-refractivity contribution in [3.05, 3.63) is 47.7 Å². The Labute approximate surface area is 101 Å². The second-order valence-electron chi connectivity index (χ2n) is 3.87. The standard InChI is InChI=1S/C13H13BNO2/c1-9-4-3-5-10(2)13(9)11-6-7-15-12(8-11)17-14-16/h3-8,16H,1-2H3. The van der Waals surface area contributed by atoms with Crippen molar-refractivity contribution in [2.45, 2.75) is 13.8 Å². The van der Waals surface area contributed by atoms with Crippen molar-refractivity contribution in [1.82, 2.24) is 4.98 Å². The molecule has 0 fully saturated rings. The van der Waals surface area contributed by atoms with Gasteiger partial charge in [0.1, 0.15) is 0 Å². The van der Waals surface area contributed by atoms with Gasteiger partial charge in [0, 0.05) is 12.3 Å². The number of aryl methyl sites for hydroxylation is 2. The van der Waals surface area contributed by atoms with E-state index in [0.29, 0.717) is 13.6 Å². The lowest BCUT2D eigenvalue weighted by molar-refractivity contribution is 0.443. The molecule has 2 aromatic rings. The van der Waals surface area contributed by atoms with E-state index in [1.54, 1.807) is 6.20 Å². The Bertz CT molecular complexity index is 508. The second kappa shape index (κ2) is 5.02. The number of hydrogen-bond acceptors (Lipinski definition) is 3. The third-order valence-electron chi connectivity index (χ3n) is 2.68. The van der Waals surface area contributed by atoms with E-state index >= 15 is 0 Å². The molecule has 85 valence electrons. The molecule has 0 aliphatic rings. The van der Waals surface area contributed by atoms with Gasteiger partial charge in [-0.3, -0.25) is 0 Å². The summed E-state index contributed by atoms with van der Waals surface area (Å²) in [6.45, 7) is 4.14. The van der Waals surface area contributed by atoms with Gasteiger partial charge in [0.25, 0.3) is 0 Å². The van der Waals surface area contributed by atoms with Crippen molar-refractivity contribution in [1.29, 1.82) is 0 Å². The fraction of sp³-hybridized carbons (Fsp3) is 0.154. The van der Waals surface area contributed by atoms with E-state index in [-0.39, 0.29) is 0 Å². The lowest BCUT2D eigenvalue weighted by Crippen LogP contribution is -2.01. The Morgan fingerprint density at radius 2 is 1.88 bits per heavy atom. The molecule has 3 nitrogen and oxygen atoms in total. The minimum Gasteiger partial charge on any atom is -0.523 e. The number of pyridine rings is 1. The predicted molar refractivity (Wildman–Crippen MR) is 67.7 cm³/mol. The Balaban J connectivity index is 2.49. The van der Waals surface area contributed by atoms with Crippen molar-refractivity contribution in [2.75, 3.05) is 0 Å². The maximum absolute atomic E-state index is 8.60. The summed E-state index contributed by atoms with van der Waals surface area (Å²) in [5.74, 6) is 0.382. The molecule has 1 heterocycles. The molecule has 1 aromatic carbocycles. The molecule has 1 N–H and O–H groups in total. The third kappa shape index (κ3) is 2.48. The smallest absolute Gasteiger partial charge is 0.523 e. The fourth-order valence-corrected chi connectivity index (χ4v) is 1.95. The Morgan fingerprint density at radius 3 is 2.53 bits per heavy atom.